The predicted molar refractivity (Wildman–Crippen MR) is 79.8 cm³/mol. The van der Waals surface area contributed by atoms with Gasteiger partial charge in [-0.15, -0.1) is 0 Å². The molecule has 2 aromatic rings. The molecule has 0 N–H and O–H groups in total. The highest BCUT2D eigenvalue weighted by atomic mass is 19.1. The third-order valence-electron chi connectivity index (χ3n) is 3.25. The molecule has 0 aliphatic rings. The van der Waals surface area contributed by atoms with Gasteiger partial charge >= 0.3 is 0 Å². The van der Waals surface area contributed by atoms with Gasteiger partial charge in [-0.1, -0.05) is 35.9 Å². The molecule has 3 heteroatoms. The van der Waals surface area contributed by atoms with Crippen LogP contribution in [-0.2, 0) is 0 Å². The summed E-state index contributed by atoms with van der Waals surface area (Å²) in [5, 5.41) is 0. The van der Waals surface area contributed by atoms with Crippen molar-refractivity contribution in [2.75, 3.05) is 18.0 Å². The first-order valence-corrected chi connectivity index (χ1v) is 6.71. The van der Waals surface area contributed by atoms with Gasteiger partial charge in [-0.25, -0.2) is 4.39 Å². The summed E-state index contributed by atoms with van der Waals surface area (Å²) in [6.07, 6.45) is 0. The van der Waals surface area contributed by atoms with Gasteiger partial charge in [0.05, 0.1) is 12.2 Å². The second kappa shape index (κ2) is 6.33. The lowest BCUT2D eigenvalue weighted by Gasteiger charge is -2.22. The van der Waals surface area contributed by atoms with E-state index in [2.05, 4.69) is 0 Å². The van der Waals surface area contributed by atoms with E-state index in [9.17, 15) is 9.18 Å². The van der Waals surface area contributed by atoms with E-state index >= 15 is 0 Å². The number of hydrogen-bond acceptors (Lipinski definition) is 2. The minimum atomic E-state index is -0.300. The van der Waals surface area contributed by atoms with Crippen LogP contribution in [0.2, 0.25) is 0 Å². The van der Waals surface area contributed by atoms with E-state index in [-0.39, 0.29) is 18.1 Å². The first-order chi connectivity index (χ1) is 9.61. The molecule has 0 atom stereocenters. The van der Waals surface area contributed by atoms with Crippen LogP contribution >= 0.6 is 0 Å². The van der Waals surface area contributed by atoms with Crippen LogP contribution in [0.3, 0.4) is 0 Å². The Morgan fingerprint density at radius 3 is 2.55 bits per heavy atom. The summed E-state index contributed by atoms with van der Waals surface area (Å²) < 4.78 is 13.8. The summed E-state index contributed by atoms with van der Waals surface area (Å²) in [7, 11) is 0. The highest BCUT2D eigenvalue weighted by molar-refractivity contribution is 5.99. The van der Waals surface area contributed by atoms with Crippen molar-refractivity contribution in [3.05, 3.63) is 65.5 Å². The Balaban J connectivity index is 2.19. The maximum absolute atomic E-state index is 13.8. The average Bonchev–Trinajstić information content (AvgIpc) is 2.45. The van der Waals surface area contributed by atoms with Crippen LogP contribution in [-0.4, -0.2) is 18.9 Å². The molecule has 2 aromatic carbocycles. The van der Waals surface area contributed by atoms with Gasteiger partial charge in [-0.2, -0.15) is 0 Å². The number of halogens is 1. The fourth-order valence-electron chi connectivity index (χ4n) is 2.16. The number of Topliss-reactive ketones (excluding diaryl/α,β-unsaturated/α-hetero) is 1. The average molecular weight is 271 g/mol. The van der Waals surface area contributed by atoms with E-state index in [1.165, 1.54) is 6.07 Å². The van der Waals surface area contributed by atoms with Crippen molar-refractivity contribution in [2.45, 2.75) is 13.8 Å². The molecule has 0 unspecified atom stereocenters. The Morgan fingerprint density at radius 2 is 1.90 bits per heavy atom. The number of nitrogens with zero attached hydrogens (tertiary/aromatic N) is 1. The van der Waals surface area contributed by atoms with Crippen molar-refractivity contribution >= 4 is 11.5 Å². The number of aryl methyl sites for hydroxylation is 1. The molecule has 2 nitrogen and oxygen atoms in total. The molecule has 0 amide bonds. The van der Waals surface area contributed by atoms with Gasteiger partial charge in [0.25, 0.3) is 0 Å². The Labute approximate surface area is 118 Å². The van der Waals surface area contributed by atoms with Crippen molar-refractivity contribution in [1.82, 2.24) is 0 Å². The third-order valence-corrected chi connectivity index (χ3v) is 3.25. The summed E-state index contributed by atoms with van der Waals surface area (Å²) in [6, 6.07) is 14.0. The Bertz CT molecular complexity index is 609. The lowest BCUT2D eigenvalue weighted by atomic mass is 10.1. The second-order valence-electron chi connectivity index (χ2n) is 4.76. The Hall–Kier alpha value is -2.16. The Morgan fingerprint density at radius 1 is 1.15 bits per heavy atom. The lowest BCUT2D eigenvalue weighted by Crippen LogP contribution is -2.30. The number of anilines is 1. The van der Waals surface area contributed by atoms with Crippen molar-refractivity contribution in [1.29, 1.82) is 0 Å². The van der Waals surface area contributed by atoms with E-state index in [4.69, 9.17) is 0 Å². The van der Waals surface area contributed by atoms with E-state index < -0.39 is 0 Å². The summed E-state index contributed by atoms with van der Waals surface area (Å²) in [4.78, 5) is 14.0. The number of rotatable bonds is 5. The summed E-state index contributed by atoms with van der Waals surface area (Å²) in [5.41, 5.74) is 2.18. The maximum Gasteiger partial charge on any atom is 0.182 e. The van der Waals surface area contributed by atoms with E-state index in [0.717, 1.165) is 5.56 Å². The second-order valence-corrected chi connectivity index (χ2v) is 4.76. The Kier molecular flexibility index (Phi) is 4.51. The fourth-order valence-corrected chi connectivity index (χ4v) is 2.16. The summed E-state index contributed by atoms with van der Waals surface area (Å²) in [6.45, 7) is 4.63. The number of hydrogen-bond donors (Lipinski definition) is 0. The monoisotopic (exact) mass is 271 g/mol. The minimum Gasteiger partial charge on any atom is -0.362 e. The molecule has 0 aliphatic heterocycles. The normalized spacial score (nSPS) is 10.3. The molecule has 0 bridgehead atoms. The van der Waals surface area contributed by atoms with Crippen molar-refractivity contribution < 1.29 is 9.18 Å². The van der Waals surface area contributed by atoms with Crippen molar-refractivity contribution in [3.63, 3.8) is 0 Å². The molecule has 0 saturated carbocycles. The summed E-state index contributed by atoms with van der Waals surface area (Å²) in [5.74, 6) is -0.301. The quantitative estimate of drug-likeness (QED) is 0.770. The molecule has 0 spiro atoms. The molecule has 104 valence electrons. The van der Waals surface area contributed by atoms with Crippen molar-refractivity contribution in [2.24, 2.45) is 0 Å². The molecule has 0 fully saturated rings. The maximum atomic E-state index is 13.8. The van der Waals surface area contributed by atoms with Gasteiger partial charge < -0.3 is 4.90 Å². The first kappa shape index (κ1) is 14.3. The highest BCUT2D eigenvalue weighted by Crippen LogP contribution is 2.19. The molecular formula is C17H18FNO. The largest absolute Gasteiger partial charge is 0.362 e. The molecule has 0 heterocycles. The first-order valence-electron chi connectivity index (χ1n) is 6.71. The van der Waals surface area contributed by atoms with E-state index in [1.807, 2.05) is 32.0 Å². The molecular weight excluding hydrogens is 253 g/mol. The SMILES string of the molecule is CCN(CC(=O)c1cccc(C)c1)c1ccccc1F. The van der Waals surface area contributed by atoms with Gasteiger partial charge in [-0.05, 0) is 32.0 Å². The number of para-hydroxylation sites is 1. The van der Waals surface area contributed by atoms with Gasteiger partial charge in [-0.3, -0.25) is 4.79 Å². The van der Waals surface area contributed by atoms with E-state index in [1.54, 1.807) is 29.2 Å². The van der Waals surface area contributed by atoms with Gasteiger partial charge in [0, 0.05) is 12.1 Å². The standard InChI is InChI=1S/C17H18FNO/c1-3-19(16-10-5-4-9-15(16)18)12-17(20)14-8-6-7-13(2)11-14/h4-11H,3,12H2,1-2H3. The van der Waals surface area contributed by atoms with Crippen LogP contribution in [0.4, 0.5) is 10.1 Å². The fraction of sp³-hybridized carbons (Fsp3) is 0.235. The third kappa shape index (κ3) is 3.23. The minimum absolute atomic E-state index is 0.00111. The molecule has 2 rings (SSSR count). The lowest BCUT2D eigenvalue weighted by molar-refractivity contribution is 0.0999. The molecule has 20 heavy (non-hydrogen) atoms. The number of ketones is 1. The number of benzene rings is 2. The van der Waals surface area contributed by atoms with Crippen LogP contribution in [0.15, 0.2) is 48.5 Å². The van der Waals surface area contributed by atoms with Crippen LogP contribution in [0, 0.1) is 12.7 Å². The van der Waals surface area contributed by atoms with Crippen LogP contribution < -0.4 is 4.90 Å². The van der Waals surface area contributed by atoms with Gasteiger partial charge in [0.1, 0.15) is 5.82 Å². The van der Waals surface area contributed by atoms with Crippen molar-refractivity contribution in [3.8, 4) is 0 Å². The molecule has 0 saturated heterocycles. The van der Waals surface area contributed by atoms with Gasteiger partial charge in [0.15, 0.2) is 5.78 Å². The van der Waals surface area contributed by atoms with Gasteiger partial charge in [0.2, 0.25) is 0 Å². The molecule has 0 radical (unpaired) electrons. The van der Waals surface area contributed by atoms with Crippen LogP contribution in [0.1, 0.15) is 22.8 Å². The molecule has 0 aromatic heterocycles. The number of likely N-dealkylation sites (N-methyl/N-ethyl adjacent to an activating group) is 1. The summed E-state index contributed by atoms with van der Waals surface area (Å²) >= 11 is 0. The zero-order valence-electron chi connectivity index (χ0n) is 11.8. The highest BCUT2D eigenvalue weighted by Gasteiger charge is 2.14. The van der Waals surface area contributed by atoms with Crippen LogP contribution in [0.25, 0.3) is 0 Å². The predicted octanol–water partition coefficient (Wildman–Crippen LogP) is 3.84. The van der Waals surface area contributed by atoms with E-state index in [0.29, 0.717) is 17.8 Å². The molecule has 0 aliphatic carbocycles. The van der Waals surface area contributed by atoms with Crippen LogP contribution in [0.5, 0.6) is 0 Å². The number of carbonyl (C=O) groups is 1. The topological polar surface area (TPSA) is 20.3 Å². The zero-order chi connectivity index (χ0) is 14.5. The zero-order valence-corrected chi connectivity index (χ0v) is 11.8. The number of carbonyl (C=O) groups excluding carboxylic acids is 1. The smallest absolute Gasteiger partial charge is 0.182 e.